The molecular weight excluding hydrogens is 238 g/mol. The third-order valence-electron chi connectivity index (χ3n) is 4.20. The number of nitrogens with zero attached hydrogens (tertiary/aromatic N) is 2. The van der Waals surface area contributed by atoms with Crippen molar-refractivity contribution >= 4 is 11.6 Å². The third kappa shape index (κ3) is 2.17. The van der Waals surface area contributed by atoms with Crippen LogP contribution < -0.4 is 10.4 Å². The van der Waals surface area contributed by atoms with Crippen LogP contribution in [0.5, 0.6) is 0 Å². The van der Waals surface area contributed by atoms with Crippen LogP contribution >= 0.6 is 0 Å². The van der Waals surface area contributed by atoms with Crippen molar-refractivity contribution in [3.05, 3.63) is 29.8 Å². The number of hydrazine groups is 1. The number of amides is 1. The summed E-state index contributed by atoms with van der Waals surface area (Å²) in [5, 5.41) is 11.1. The lowest BCUT2D eigenvalue weighted by molar-refractivity contribution is -0.119. The molecular formula is C15H17N3O. The van der Waals surface area contributed by atoms with Crippen LogP contribution in [0, 0.1) is 17.2 Å². The molecule has 1 aromatic rings. The molecule has 0 spiro atoms. The lowest BCUT2D eigenvalue weighted by atomic mass is 9.95. The summed E-state index contributed by atoms with van der Waals surface area (Å²) in [5.41, 5.74) is 4.36. The lowest BCUT2D eigenvalue weighted by Gasteiger charge is -2.30. The molecule has 2 fully saturated rings. The van der Waals surface area contributed by atoms with E-state index in [-0.39, 0.29) is 11.9 Å². The fourth-order valence-electron chi connectivity index (χ4n) is 3.28. The molecule has 1 aliphatic carbocycles. The predicted molar refractivity (Wildman–Crippen MR) is 72.1 cm³/mol. The topological polar surface area (TPSA) is 56.1 Å². The second-order valence-electron chi connectivity index (χ2n) is 5.35. The quantitative estimate of drug-likeness (QED) is 0.882. The lowest BCUT2D eigenvalue weighted by Crippen LogP contribution is -2.42. The molecule has 0 radical (unpaired) electrons. The molecule has 4 nitrogen and oxygen atoms in total. The van der Waals surface area contributed by atoms with Crippen molar-refractivity contribution < 1.29 is 4.79 Å². The van der Waals surface area contributed by atoms with E-state index in [1.165, 1.54) is 25.7 Å². The number of hydrogen-bond donors (Lipinski definition) is 1. The molecule has 1 aliphatic heterocycles. The largest absolute Gasteiger partial charge is 0.280 e. The second kappa shape index (κ2) is 4.93. The zero-order chi connectivity index (χ0) is 13.2. The Morgan fingerprint density at radius 1 is 1.26 bits per heavy atom. The molecule has 3 rings (SSSR count). The van der Waals surface area contributed by atoms with Crippen LogP contribution in [0.4, 0.5) is 5.69 Å². The maximum atomic E-state index is 11.8. The Kier molecular flexibility index (Phi) is 3.12. The molecule has 0 bridgehead atoms. The Morgan fingerprint density at radius 2 is 2.00 bits per heavy atom. The first-order valence-electron chi connectivity index (χ1n) is 6.87. The molecule has 0 aromatic heterocycles. The normalized spacial score (nSPS) is 23.4. The summed E-state index contributed by atoms with van der Waals surface area (Å²) in [6.07, 6.45) is 5.42. The van der Waals surface area contributed by atoms with Gasteiger partial charge in [-0.05, 0) is 30.9 Å². The summed E-state index contributed by atoms with van der Waals surface area (Å²) in [7, 11) is 0. The first kappa shape index (κ1) is 12.0. The van der Waals surface area contributed by atoms with Crippen LogP contribution in [0.25, 0.3) is 0 Å². The van der Waals surface area contributed by atoms with Gasteiger partial charge in [0.1, 0.15) is 6.07 Å². The minimum absolute atomic E-state index is 0.0599. The Labute approximate surface area is 113 Å². The molecule has 98 valence electrons. The minimum atomic E-state index is 0.0599. The van der Waals surface area contributed by atoms with Gasteiger partial charge in [0.25, 0.3) is 0 Å². The number of para-hydroxylation sites is 1. The van der Waals surface area contributed by atoms with E-state index >= 15 is 0 Å². The second-order valence-corrected chi connectivity index (χ2v) is 5.35. The fraction of sp³-hybridized carbons (Fsp3) is 0.467. The maximum Gasteiger partial charge on any atom is 0.240 e. The van der Waals surface area contributed by atoms with Crippen molar-refractivity contribution in [3.8, 4) is 6.07 Å². The molecule has 1 amide bonds. The smallest absolute Gasteiger partial charge is 0.240 e. The first-order chi connectivity index (χ1) is 9.29. The van der Waals surface area contributed by atoms with E-state index in [0.717, 1.165) is 5.69 Å². The van der Waals surface area contributed by atoms with E-state index in [9.17, 15) is 10.1 Å². The van der Waals surface area contributed by atoms with Gasteiger partial charge in [0.15, 0.2) is 0 Å². The molecule has 1 saturated carbocycles. The number of carbonyl (C=O) groups is 1. The highest BCUT2D eigenvalue weighted by Crippen LogP contribution is 2.36. The molecule has 1 heterocycles. The van der Waals surface area contributed by atoms with Crippen molar-refractivity contribution in [2.75, 3.05) is 5.01 Å². The number of carbonyl (C=O) groups excluding carboxylic acids is 1. The molecule has 1 N–H and O–H groups in total. The number of hydrogen-bond acceptors (Lipinski definition) is 3. The molecule has 1 atom stereocenters. The molecule has 19 heavy (non-hydrogen) atoms. The van der Waals surface area contributed by atoms with E-state index in [2.05, 4.69) is 11.5 Å². The number of rotatable bonds is 2. The van der Waals surface area contributed by atoms with Crippen LogP contribution in [-0.2, 0) is 4.79 Å². The van der Waals surface area contributed by atoms with Gasteiger partial charge in [-0.2, -0.15) is 5.26 Å². The van der Waals surface area contributed by atoms with E-state index in [4.69, 9.17) is 0 Å². The Balaban J connectivity index is 1.93. The summed E-state index contributed by atoms with van der Waals surface area (Å²) < 4.78 is 0. The molecule has 1 aromatic carbocycles. The average molecular weight is 255 g/mol. The van der Waals surface area contributed by atoms with Gasteiger partial charge in [-0.15, -0.1) is 0 Å². The van der Waals surface area contributed by atoms with Gasteiger partial charge in [-0.25, -0.2) is 0 Å². The minimum Gasteiger partial charge on any atom is -0.280 e. The standard InChI is InChI=1S/C15H17N3O/c16-10-12-7-3-4-8-13(12)18-14(9-15(19)17-18)11-5-1-2-6-11/h3-4,7-8,11,14H,1-2,5-6,9H2,(H,17,19). The van der Waals surface area contributed by atoms with Gasteiger partial charge in [0, 0.05) is 0 Å². The Morgan fingerprint density at radius 3 is 2.74 bits per heavy atom. The van der Waals surface area contributed by atoms with E-state index in [1.807, 2.05) is 23.2 Å². The monoisotopic (exact) mass is 255 g/mol. The molecule has 1 unspecified atom stereocenters. The number of nitrogens with one attached hydrogen (secondary N) is 1. The van der Waals surface area contributed by atoms with Crippen molar-refractivity contribution in [1.82, 2.24) is 5.43 Å². The zero-order valence-corrected chi connectivity index (χ0v) is 10.8. The van der Waals surface area contributed by atoms with Crippen molar-refractivity contribution in [2.24, 2.45) is 5.92 Å². The van der Waals surface area contributed by atoms with Crippen LogP contribution in [0.3, 0.4) is 0 Å². The van der Waals surface area contributed by atoms with Gasteiger partial charge >= 0.3 is 0 Å². The van der Waals surface area contributed by atoms with E-state index in [1.54, 1.807) is 6.07 Å². The van der Waals surface area contributed by atoms with Crippen molar-refractivity contribution in [1.29, 1.82) is 5.26 Å². The average Bonchev–Trinajstić information content (AvgIpc) is 3.07. The van der Waals surface area contributed by atoms with Crippen LogP contribution in [0.2, 0.25) is 0 Å². The highest BCUT2D eigenvalue weighted by Gasteiger charge is 2.38. The summed E-state index contributed by atoms with van der Waals surface area (Å²) in [6, 6.07) is 9.87. The van der Waals surface area contributed by atoms with E-state index < -0.39 is 0 Å². The summed E-state index contributed by atoms with van der Waals surface area (Å²) in [4.78, 5) is 11.8. The van der Waals surface area contributed by atoms with Crippen LogP contribution in [0.15, 0.2) is 24.3 Å². The van der Waals surface area contributed by atoms with Gasteiger partial charge in [-0.1, -0.05) is 25.0 Å². The summed E-state index contributed by atoms with van der Waals surface area (Å²) >= 11 is 0. The summed E-state index contributed by atoms with van der Waals surface area (Å²) in [5.74, 6) is 0.621. The van der Waals surface area contributed by atoms with Crippen molar-refractivity contribution in [2.45, 2.75) is 38.1 Å². The Hall–Kier alpha value is -2.02. The van der Waals surface area contributed by atoms with Gasteiger partial charge in [0.2, 0.25) is 5.91 Å². The van der Waals surface area contributed by atoms with Crippen LogP contribution in [0.1, 0.15) is 37.7 Å². The highest BCUT2D eigenvalue weighted by molar-refractivity contribution is 5.83. The first-order valence-corrected chi connectivity index (χ1v) is 6.87. The van der Waals surface area contributed by atoms with Gasteiger partial charge in [0.05, 0.1) is 23.7 Å². The number of benzene rings is 1. The number of anilines is 1. The summed E-state index contributed by atoms with van der Waals surface area (Å²) in [6.45, 7) is 0. The van der Waals surface area contributed by atoms with Crippen LogP contribution in [-0.4, -0.2) is 11.9 Å². The Bertz CT molecular complexity index is 528. The maximum absolute atomic E-state index is 11.8. The SMILES string of the molecule is N#Cc1ccccc1N1NC(=O)CC1C1CCCC1. The molecule has 4 heteroatoms. The molecule has 1 saturated heterocycles. The highest BCUT2D eigenvalue weighted by atomic mass is 16.2. The van der Waals surface area contributed by atoms with Crippen molar-refractivity contribution in [3.63, 3.8) is 0 Å². The van der Waals surface area contributed by atoms with E-state index in [0.29, 0.717) is 17.9 Å². The third-order valence-corrected chi connectivity index (χ3v) is 4.20. The van der Waals surface area contributed by atoms with Gasteiger partial charge < -0.3 is 0 Å². The zero-order valence-electron chi connectivity index (χ0n) is 10.8. The fourth-order valence-corrected chi connectivity index (χ4v) is 3.28. The number of nitriles is 1. The predicted octanol–water partition coefficient (Wildman–Crippen LogP) is 2.36. The van der Waals surface area contributed by atoms with Gasteiger partial charge in [-0.3, -0.25) is 15.2 Å². The molecule has 2 aliphatic rings.